The maximum atomic E-state index is 12.7. The van der Waals surface area contributed by atoms with Gasteiger partial charge in [-0.3, -0.25) is 0 Å². The Labute approximate surface area is 173 Å². The van der Waals surface area contributed by atoms with Crippen molar-refractivity contribution in [1.82, 2.24) is 9.62 Å². The number of nitrogens with zero attached hydrogens (tertiary/aromatic N) is 2. The van der Waals surface area contributed by atoms with E-state index < -0.39 is 24.9 Å². The number of rotatable bonds is 11. The summed E-state index contributed by atoms with van der Waals surface area (Å²) in [6.45, 7) is 4.29. The monoisotopic (exact) mass is 452 g/mol. The number of anilines is 1. The molecule has 160 valence electrons. The first kappa shape index (κ1) is 24.7. The van der Waals surface area contributed by atoms with Gasteiger partial charge in [0.05, 0.1) is 10.7 Å². The number of benzene rings is 1. The van der Waals surface area contributed by atoms with Crippen LogP contribution in [0.15, 0.2) is 26.3 Å². The summed E-state index contributed by atoms with van der Waals surface area (Å²) >= 11 is 5.99. The molecule has 0 saturated carbocycles. The van der Waals surface area contributed by atoms with Gasteiger partial charge in [0.1, 0.15) is 16.1 Å². The molecule has 3 N–H and O–H groups in total. The van der Waals surface area contributed by atoms with Gasteiger partial charge in [0.15, 0.2) is 0 Å². The molecule has 0 heterocycles. The lowest BCUT2D eigenvalue weighted by molar-refractivity contribution is 0.483. The van der Waals surface area contributed by atoms with Gasteiger partial charge in [-0.05, 0) is 24.5 Å². The molecule has 0 aliphatic rings. The lowest BCUT2D eigenvalue weighted by atomic mass is 10.0. The Hall–Kier alpha value is -1.36. The minimum absolute atomic E-state index is 0.133. The Morgan fingerprint density at radius 3 is 2.43 bits per heavy atom. The van der Waals surface area contributed by atoms with E-state index in [9.17, 15) is 16.8 Å². The van der Waals surface area contributed by atoms with E-state index in [1.54, 1.807) is 14.1 Å². The Kier molecular flexibility index (Phi) is 9.19. The summed E-state index contributed by atoms with van der Waals surface area (Å²) in [5, 5.41) is -0.194. The smallest absolute Gasteiger partial charge is 0.285 e. The van der Waals surface area contributed by atoms with E-state index in [0.29, 0.717) is 0 Å². The summed E-state index contributed by atoms with van der Waals surface area (Å²) in [6, 6.07) is 2.06. The van der Waals surface area contributed by atoms with E-state index in [1.807, 2.05) is 6.92 Å². The van der Waals surface area contributed by atoms with Gasteiger partial charge in [0, 0.05) is 20.6 Å². The average Bonchev–Trinajstić information content (AvgIpc) is 2.58. The molecule has 1 atom stereocenters. The molecular formula is C17H29ClN4O4S2. The van der Waals surface area contributed by atoms with Crippen molar-refractivity contribution in [2.75, 3.05) is 26.4 Å². The van der Waals surface area contributed by atoms with Crippen molar-refractivity contribution in [3.63, 3.8) is 0 Å². The fourth-order valence-electron chi connectivity index (χ4n) is 2.37. The molecule has 8 nitrogen and oxygen atoms in total. The number of hydrogen-bond acceptors (Lipinski definition) is 5. The predicted molar refractivity (Wildman–Crippen MR) is 114 cm³/mol. The number of halogens is 1. The maximum Gasteiger partial charge on any atom is 0.285 e. The quantitative estimate of drug-likeness (QED) is 0.230. The molecular weight excluding hydrogens is 424 g/mol. The second-order valence-electron chi connectivity index (χ2n) is 6.93. The van der Waals surface area contributed by atoms with Crippen LogP contribution in [0.5, 0.6) is 0 Å². The molecule has 0 aromatic heterocycles. The lowest BCUT2D eigenvalue weighted by Crippen LogP contribution is -2.29. The summed E-state index contributed by atoms with van der Waals surface area (Å²) in [5.41, 5.74) is 5.67. The van der Waals surface area contributed by atoms with Gasteiger partial charge in [0.25, 0.3) is 10.0 Å². The largest absolute Gasteiger partial charge is 0.398 e. The van der Waals surface area contributed by atoms with Crippen LogP contribution in [0.25, 0.3) is 0 Å². The predicted octanol–water partition coefficient (Wildman–Crippen LogP) is 2.70. The molecule has 1 rings (SSSR count). The minimum atomic E-state index is -4.18. The van der Waals surface area contributed by atoms with Crippen molar-refractivity contribution in [1.29, 1.82) is 0 Å². The second-order valence-corrected chi connectivity index (χ2v) is 10.7. The fraction of sp³-hybridized carbons (Fsp3) is 0.588. The molecule has 0 amide bonds. The third-order valence-corrected chi connectivity index (χ3v) is 7.14. The Morgan fingerprint density at radius 1 is 1.21 bits per heavy atom. The van der Waals surface area contributed by atoms with E-state index in [2.05, 4.69) is 16.0 Å². The van der Waals surface area contributed by atoms with E-state index in [-0.39, 0.29) is 28.1 Å². The van der Waals surface area contributed by atoms with E-state index in [4.69, 9.17) is 17.3 Å². The van der Waals surface area contributed by atoms with Crippen molar-refractivity contribution in [3.8, 4) is 0 Å². The van der Waals surface area contributed by atoms with Gasteiger partial charge < -0.3 is 10.6 Å². The van der Waals surface area contributed by atoms with E-state index in [1.165, 1.54) is 4.90 Å². The molecule has 0 fully saturated rings. The molecule has 28 heavy (non-hydrogen) atoms. The van der Waals surface area contributed by atoms with E-state index in [0.717, 1.165) is 44.2 Å². The van der Waals surface area contributed by atoms with Gasteiger partial charge in [-0.1, -0.05) is 44.7 Å². The summed E-state index contributed by atoms with van der Waals surface area (Å²) in [5.74, 6) is 0.141. The third kappa shape index (κ3) is 7.23. The molecule has 1 aromatic rings. The second kappa shape index (κ2) is 10.4. The normalized spacial score (nSPS) is 13.8. The number of nitrogens with one attached hydrogen (secondary N) is 1. The van der Waals surface area contributed by atoms with Crippen LogP contribution in [0.2, 0.25) is 5.02 Å². The molecule has 0 bridgehead atoms. The summed E-state index contributed by atoms with van der Waals surface area (Å²) in [7, 11) is -4.99. The summed E-state index contributed by atoms with van der Waals surface area (Å²) in [4.78, 5) is 0.677. The number of sulfonamides is 2. The van der Waals surface area contributed by atoms with Crippen LogP contribution in [-0.4, -0.2) is 48.7 Å². The van der Waals surface area contributed by atoms with Crippen LogP contribution in [0.1, 0.15) is 39.5 Å². The van der Waals surface area contributed by atoms with Crippen molar-refractivity contribution < 1.29 is 16.8 Å². The first-order chi connectivity index (χ1) is 12.9. The first-order valence-corrected chi connectivity index (χ1v) is 12.3. The van der Waals surface area contributed by atoms with Crippen molar-refractivity contribution >= 4 is 43.7 Å². The zero-order valence-electron chi connectivity index (χ0n) is 16.6. The minimum Gasteiger partial charge on any atom is -0.398 e. The standard InChI is InChI=1S/C17H29ClN4O4S2/c1-5-6-7-8-13(2)11-20-28(25,26)17-10-16(14(18)9-15(17)19)27(23,24)21-12-22(3)4/h9-10,12-13,20H,5-8,11,19H2,1-4H3. The zero-order valence-corrected chi connectivity index (χ0v) is 19.0. The highest BCUT2D eigenvalue weighted by molar-refractivity contribution is 7.91. The first-order valence-electron chi connectivity index (χ1n) is 8.96. The molecule has 0 aliphatic carbocycles. The molecule has 11 heteroatoms. The Morgan fingerprint density at radius 2 is 1.86 bits per heavy atom. The highest BCUT2D eigenvalue weighted by Crippen LogP contribution is 2.31. The number of unbranched alkanes of at least 4 members (excludes halogenated alkanes) is 2. The topological polar surface area (TPSA) is 122 Å². The van der Waals surface area contributed by atoms with Crippen LogP contribution in [0, 0.1) is 5.92 Å². The highest BCUT2D eigenvalue weighted by atomic mass is 35.5. The maximum absolute atomic E-state index is 12.7. The van der Waals surface area contributed by atoms with Crippen LogP contribution in [-0.2, 0) is 20.0 Å². The molecule has 1 aromatic carbocycles. The average molecular weight is 453 g/mol. The van der Waals surface area contributed by atoms with Gasteiger partial charge in [0.2, 0.25) is 10.0 Å². The van der Waals surface area contributed by atoms with Gasteiger partial charge in [-0.2, -0.15) is 8.42 Å². The fourth-order valence-corrected chi connectivity index (χ4v) is 5.21. The van der Waals surface area contributed by atoms with Crippen LogP contribution in [0.4, 0.5) is 5.69 Å². The number of hydrogen-bond donors (Lipinski definition) is 2. The molecule has 0 saturated heterocycles. The number of nitrogen functional groups attached to an aromatic ring is 1. The summed E-state index contributed by atoms with van der Waals surface area (Å²) < 4.78 is 56.1. The van der Waals surface area contributed by atoms with Crippen LogP contribution in [0.3, 0.4) is 0 Å². The van der Waals surface area contributed by atoms with Gasteiger partial charge >= 0.3 is 0 Å². The van der Waals surface area contributed by atoms with Gasteiger partial charge in [-0.15, -0.1) is 4.40 Å². The van der Waals surface area contributed by atoms with Crippen molar-refractivity contribution in [2.24, 2.45) is 10.3 Å². The lowest BCUT2D eigenvalue weighted by Gasteiger charge is -2.15. The third-order valence-electron chi connectivity index (χ3n) is 3.97. The van der Waals surface area contributed by atoms with Crippen molar-refractivity contribution in [2.45, 2.75) is 49.3 Å². The van der Waals surface area contributed by atoms with Crippen LogP contribution >= 0.6 is 11.6 Å². The number of nitrogens with two attached hydrogens (primary N) is 1. The van der Waals surface area contributed by atoms with E-state index >= 15 is 0 Å². The summed E-state index contributed by atoms with van der Waals surface area (Å²) in [6.07, 6.45) is 5.19. The van der Waals surface area contributed by atoms with Crippen molar-refractivity contribution in [3.05, 3.63) is 17.2 Å². The molecule has 0 spiro atoms. The Bertz CT molecular complexity index is 900. The SMILES string of the molecule is CCCCCC(C)CNS(=O)(=O)c1cc(S(=O)(=O)N=CN(C)C)c(Cl)cc1N. The zero-order chi connectivity index (χ0) is 21.5. The molecule has 1 unspecified atom stereocenters. The molecule has 0 radical (unpaired) electrons. The van der Waals surface area contributed by atoms with Gasteiger partial charge in [-0.25, -0.2) is 13.1 Å². The van der Waals surface area contributed by atoms with Crippen LogP contribution < -0.4 is 10.5 Å². The Balaban J connectivity index is 3.13. The highest BCUT2D eigenvalue weighted by Gasteiger charge is 2.25. The molecule has 0 aliphatic heterocycles.